The average molecular weight is 324 g/mol. The molecular formula is C16H21FN2O4. The van der Waals surface area contributed by atoms with Crippen LogP contribution in [0.2, 0.25) is 0 Å². The van der Waals surface area contributed by atoms with Crippen molar-refractivity contribution in [2.45, 2.75) is 31.4 Å². The first-order valence-corrected chi connectivity index (χ1v) is 7.55. The predicted molar refractivity (Wildman–Crippen MR) is 81.7 cm³/mol. The second-order valence-corrected chi connectivity index (χ2v) is 5.54. The largest absolute Gasteiger partial charge is 0.480 e. The number of carbonyl (C=O) groups excluding carboxylic acids is 1. The number of methoxy groups -OCH3 is 1. The van der Waals surface area contributed by atoms with Crippen molar-refractivity contribution in [1.29, 1.82) is 0 Å². The molecule has 1 heterocycles. The van der Waals surface area contributed by atoms with E-state index in [4.69, 9.17) is 4.74 Å². The summed E-state index contributed by atoms with van der Waals surface area (Å²) in [7, 11) is 1.54. The van der Waals surface area contributed by atoms with Crippen molar-refractivity contribution in [2.75, 3.05) is 20.2 Å². The highest BCUT2D eigenvalue weighted by molar-refractivity contribution is 5.83. The van der Waals surface area contributed by atoms with Crippen LogP contribution in [0.3, 0.4) is 0 Å². The van der Waals surface area contributed by atoms with Gasteiger partial charge in [-0.3, -0.25) is 0 Å². The molecule has 126 valence electrons. The van der Waals surface area contributed by atoms with Crippen LogP contribution in [0, 0.1) is 5.82 Å². The number of hydrogen-bond acceptors (Lipinski definition) is 3. The van der Waals surface area contributed by atoms with Crippen molar-refractivity contribution in [3.05, 3.63) is 35.6 Å². The Labute approximate surface area is 134 Å². The summed E-state index contributed by atoms with van der Waals surface area (Å²) < 4.78 is 18.0. The van der Waals surface area contributed by atoms with Crippen LogP contribution < -0.4 is 5.32 Å². The number of hydrogen-bond donors (Lipinski definition) is 2. The van der Waals surface area contributed by atoms with E-state index in [1.165, 1.54) is 17.0 Å². The highest BCUT2D eigenvalue weighted by Crippen LogP contribution is 2.20. The van der Waals surface area contributed by atoms with Gasteiger partial charge in [0.25, 0.3) is 0 Å². The zero-order chi connectivity index (χ0) is 16.8. The van der Waals surface area contributed by atoms with Crippen LogP contribution in [-0.4, -0.2) is 54.4 Å². The normalized spacial score (nSPS) is 21.0. The van der Waals surface area contributed by atoms with Gasteiger partial charge in [-0.1, -0.05) is 12.1 Å². The molecule has 1 aliphatic heterocycles. The Morgan fingerprint density at radius 2 is 2.09 bits per heavy atom. The third-order valence-electron chi connectivity index (χ3n) is 4.04. The number of likely N-dealkylation sites (tertiary alicyclic amines) is 1. The summed E-state index contributed by atoms with van der Waals surface area (Å²) in [5, 5.41) is 12.0. The number of carboxylic acid groups (broad SMARTS) is 1. The van der Waals surface area contributed by atoms with E-state index < -0.39 is 18.0 Å². The van der Waals surface area contributed by atoms with Crippen LogP contribution in [0.5, 0.6) is 0 Å². The zero-order valence-corrected chi connectivity index (χ0v) is 13.0. The van der Waals surface area contributed by atoms with Crippen LogP contribution >= 0.6 is 0 Å². The molecule has 2 amide bonds. The zero-order valence-electron chi connectivity index (χ0n) is 13.0. The Morgan fingerprint density at radius 1 is 1.39 bits per heavy atom. The molecule has 2 rings (SSSR count). The molecule has 1 aliphatic rings. The second kappa shape index (κ2) is 7.92. The molecule has 0 saturated carbocycles. The number of amides is 2. The lowest BCUT2D eigenvalue weighted by Gasteiger charge is -2.36. The first-order valence-electron chi connectivity index (χ1n) is 7.55. The number of aliphatic carboxylic acids is 1. The molecule has 0 spiro atoms. The van der Waals surface area contributed by atoms with Crippen molar-refractivity contribution >= 4 is 12.0 Å². The van der Waals surface area contributed by atoms with E-state index in [1.54, 1.807) is 19.2 Å². The molecule has 6 nitrogen and oxygen atoms in total. The van der Waals surface area contributed by atoms with Crippen molar-refractivity contribution < 1.29 is 23.8 Å². The average Bonchev–Trinajstić information content (AvgIpc) is 2.55. The molecule has 0 aliphatic carbocycles. The second-order valence-electron chi connectivity index (χ2n) is 5.54. The number of urea groups is 1. The number of piperidine rings is 1. The van der Waals surface area contributed by atoms with E-state index in [-0.39, 0.29) is 18.3 Å². The van der Waals surface area contributed by atoms with Gasteiger partial charge >= 0.3 is 12.0 Å². The number of carbonyl (C=O) groups is 2. The number of rotatable bonds is 5. The van der Waals surface area contributed by atoms with E-state index >= 15 is 0 Å². The Balaban J connectivity index is 1.86. The summed E-state index contributed by atoms with van der Waals surface area (Å²) in [5.41, 5.74) is 0.902. The van der Waals surface area contributed by atoms with E-state index in [9.17, 15) is 19.1 Å². The quantitative estimate of drug-likeness (QED) is 0.863. The Morgan fingerprint density at radius 3 is 2.70 bits per heavy atom. The van der Waals surface area contributed by atoms with Crippen molar-refractivity contribution in [3.63, 3.8) is 0 Å². The van der Waals surface area contributed by atoms with Crippen LogP contribution in [0.1, 0.15) is 18.4 Å². The van der Waals surface area contributed by atoms with Gasteiger partial charge in [0.2, 0.25) is 0 Å². The third kappa shape index (κ3) is 4.66. The third-order valence-corrected chi connectivity index (χ3v) is 4.04. The van der Waals surface area contributed by atoms with Gasteiger partial charge in [0, 0.05) is 26.6 Å². The summed E-state index contributed by atoms with van der Waals surface area (Å²) in [4.78, 5) is 24.9. The highest BCUT2D eigenvalue weighted by atomic mass is 19.1. The minimum Gasteiger partial charge on any atom is -0.480 e. The van der Waals surface area contributed by atoms with Crippen molar-refractivity contribution in [1.82, 2.24) is 10.2 Å². The Kier molecular flexibility index (Phi) is 5.92. The lowest BCUT2D eigenvalue weighted by Crippen LogP contribution is -2.55. The molecule has 23 heavy (non-hydrogen) atoms. The van der Waals surface area contributed by atoms with Gasteiger partial charge in [0.1, 0.15) is 11.9 Å². The molecule has 7 heteroatoms. The van der Waals surface area contributed by atoms with E-state index in [1.807, 2.05) is 0 Å². The Bertz CT molecular complexity index is 550. The number of nitrogens with zero attached hydrogens (tertiary/aromatic N) is 1. The maximum atomic E-state index is 12.8. The molecule has 2 N–H and O–H groups in total. The fourth-order valence-corrected chi connectivity index (χ4v) is 2.69. The maximum absolute atomic E-state index is 12.8. The van der Waals surface area contributed by atoms with Crippen molar-refractivity contribution in [2.24, 2.45) is 0 Å². The van der Waals surface area contributed by atoms with Gasteiger partial charge in [-0.2, -0.15) is 0 Å². The first kappa shape index (κ1) is 17.2. The molecule has 1 aromatic carbocycles. The summed E-state index contributed by atoms with van der Waals surface area (Å²) in [6.07, 6.45) is 1.32. The molecule has 0 radical (unpaired) electrons. The van der Waals surface area contributed by atoms with Gasteiger partial charge < -0.3 is 20.1 Å². The predicted octanol–water partition coefficient (Wildman–Crippen LogP) is 1.64. The molecule has 2 atom stereocenters. The van der Waals surface area contributed by atoms with Crippen LogP contribution in [0.4, 0.5) is 9.18 Å². The maximum Gasteiger partial charge on any atom is 0.326 e. The van der Waals surface area contributed by atoms with Gasteiger partial charge in [0.15, 0.2) is 0 Å². The minimum absolute atomic E-state index is 0.139. The summed E-state index contributed by atoms with van der Waals surface area (Å²) in [6.45, 7) is 0.707. The van der Waals surface area contributed by atoms with Gasteiger partial charge in [-0.25, -0.2) is 14.0 Å². The molecule has 1 saturated heterocycles. The highest BCUT2D eigenvalue weighted by Gasteiger charge is 2.36. The molecule has 1 fully saturated rings. The van der Waals surface area contributed by atoms with Crippen LogP contribution in [-0.2, 0) is 16.0 Å². The lowest BCUT2D eigenvalue weighted by atomic mass is 10.00. The van der Waals surface area contributed by atoms with Crippen LogP contribution in [0.15, 0.2) is 24.3 Å². The van der Waals surface area contributed by atoms with Gasteiger partial charge in [0.05, 0.1) is 6.10 Å². The molecule has 2 unspecified atom stereocenters. The first-order chi connectivity index (χ1) is 11.0. The number of carboxylic acids is 1. The summed E-state index contributed by atoms with van der Waals surface area (Å²) in [6, 6.07) is 4.78. The monoisotopic (exact) mass is 324 g/mol. The minimum atomic E-state index is -1.03. The number of halogens is 1. The van der Waals surface area contributed by atoms with E-state index in [2.05, 4.69) is 5.32 Å². The lowest BCUT2D eigenvalue weighted by molar-refractivity contribution is -0.145. The Hall–Kier alpha value is -2.15. The number of ether oxygens (including phenoxy) is 1. The van der Waals surface area contributed by atoms with E-state index in [0.29, 0.717) is 25.9 Å². The van der Waals surface area contributed by atoms with Crippen LogP contribution in [0.25, 0.3) is 0 Å². The SMILES string of the molecule is COC1CCN(C(=O)NCCc2ccc(F)cc2)C(C(=O)O)C1. The molecule has 0 bridgehead atoms. The van der Waals surface area contributed by atoms with Gasteiger partial charge in [-0.05, 0) is 30.5 Å². The molecule has 1 aromatic rings. The summed E-state index contributed by atoms with van der Waals surface area (Å²) in [5.74, 6) is -1.33. The summed E-state index contributed by atoms with van der Waals surface area (Å²) >= 11 is 0. The number of benzene rings is 1. The van der Waals surface area contributed by atoms with Crippen molar-refractivity contribution in [3.8, 4) is 0 Å². The number of nitrogens with one attached hydrogen (secondary N) is 1. The van der Waals surface area contributed by atoms with E-state index in [0.717, 1.165) is 5.56 Å². The fourth-order valence-electron chi connectivity index (χ4n) is 2.69. The topological polar surface area (TPSA) is 78.9 Å². The fraction of sp³-hybridized carbons (Fsp3) is 0.500. The van der Waals surface area contributed by atoms with Gasteiger partial charge in [-0.15, -0.1) is 0 Å². The molecule has 0 aromatic heterocycles. The smallest absolute Gasteiger partial charge is 0.326 e. The standard InChI is InChI=1S/C16H21FN2O4/c1-23-13-7-9-19(14(10-13)15(20)21)16(22)18-8-6-11-2-4-12(17)5-3-11/h2-5,13-14H,6-10H2,1H3,(H,18,22)(H,20,21). The molecular weight excluding hydrogens is 303 g/mol.